The monoisotopic (exact) mass is 250 g/mol. The predicted molar refractivity (Wildman–Crippen MR) is 81.7 cm³/mol. The van der Waals surface area contributed by atoms with Crippen molar-refractivity contribution in [1.29, 1.82) is 0 Å². The van der Waals surface area contributed by atoms with Gasteiger partial charge in [0.15, 0.2) is 0 Å². The van der Waals surface area contributed by atoms with Crippen LogP contribution in [0.5, 0.6) is 0 Å². The van der Waals surface area contributed by atoms with Crippen LogP contribution in [0.2, 0.25) is 0 Å². The van der Waals surface area contributed by atoms with Crippen LogP contribution in [0.3, 0.4) is 0 Å². The Balaban J connectivity index is 2.22. The molecule has 1 aromatic heterocycles. The third-order valence-electron chi connectivity index (χ3n) is 3.58. The molecule has 1 aromatic carbocycles. The zero-order valence-electron chi connectivity index (χ0n) is 11.4. The van der Waals surface area contributed by atoms with E-state index >= 15 is 0 Å². The van der Waals surface area contributed by atoms with E-state index in [4.69, 9.17) is 0 Å². The Kier molecular flexibility index (Phi) is 3.00. The lowest BCUT2D eigenvalue weighted by atomic mass is 10.1. The SMILES string of the molecule is CCn1c(C)cc2c(C3=CC=CC=CN3)cccc21. The quantitative estimate of drug-likeness (QED) is 0.853. The Labute approximate surface area is 113 Å². The molecule has 0 fully saturated rings. The molecule has 0 amide bonds. The van der Waals surface area contributed by atoms with Gasteiger partial charge in [0.05, 0.1) is 0 Å². The van der Waals surface area contributed by atoms with Crippen LogP contribution in [0.4, 0.5) is 0 Å². The number of fused-ring (bicyclic) bond motifs is 1. The van der Waals surface area contributed by atoms with E-state index in [0.717, 1.165) is 12.2 Å². The molecule has 2 aromatic rings. The van der Waals surface area contributed by atoms with Crippen LogP contribution in [0.1, 0.15) is 18.2 Å². The number of nitrogens with one attached hydrogen (secondary N) is 1. The van der Waals surface area contributed by atoms with E-state index in [2.05, 4.69) is 60.1 Å². The third-order valence-corrected chi connectivity index (χ3v) is 3.58. The summed E-state index contributed by atoms with van der Waals surface area (Å²) in [5.74, 6) is 0. The Morgan fingerprint density at radius 2 is 2.05 bits per heavy atom. The number of allylic oxidation sites excluding steroid dienone is 4. The second-order valence-electron chi connectivity index (χ2n) is 4.74. The maximum Gasteiger partial charge on any atom is 0.0489 e. The van der Waals surface area contributed by atoms with Crippen LogP contribution in [0.15, 0.2) is 54.8 Å². The molecule has 96 valence electrons. The molecule has 1 aliphatic rings. The minimum Gasteiger partial charge on any atom is -0.361 e. The molecule has 1 N–H and O–H groups in total. The maximum atomic E-state index is 3.35. The summed E-state index contributed by atoms with van der Waals surface area (Å²) in [6, 6.07) is 8.77. The first kappa shape index (κ1) is 11.8. The summed E-state index contributed by atoms with van der Waals surface area (Å²) < 4.78 is 2.35. The Bertz CT molecular complexity index is 699. The molecule has 2 heteroatoms. The fourth-order valence-corrected chi connectivity index (χ4v) is 2.70. The number of nitrogens with zero attached hydrogens (tertiary/aromatic N) is 1. The lowest BCUT2D eigenvalue weighted by Gasteiger charge is -2.09. The van der Waals surface area contributed by atoms with Crippen molar-refractivity contribution < 1.29 is 0 Å². The summed E-state index contributed by atoms with van der Waals surface area (Å²) in [6.07, 6.45) is 10.2. The van der Waals surface area contributed by atoms with Crippen molar-refractivity contribution in [2.75, 3.05) is 0 Å². The van der Waals surface area contributed by atoms with Crippen molar-refractivity contribution in [2.24, 2.45) is 0 Å². The van der Waals surface area contributed by atoms with Gasteiger partial charge >= 0.3 is 0 Å². The van der Waals surface area contributed by atoms with Gasteiger partial charge in [-0.15, -0.1) is 0 Å². The standard InChI is InChI=1S/C17H18N2/c1-3-19-13(2)12-15-14(8-7-10-17(15)19)16-9-5-4-6-11-18-16/h4-12,18H,3H2,1-2H3. The van der Waals surface area contributed by atoms with Gasteiger partial charge in [0.1, 0.15) is 0 Å². The van der Waals surface area contributed by atoms with E-state index in [-0.39, 0.29) is 0 Å². The normalized spacial score (nSPS) is 14.3. The molecule has 0 radical (unpaired) electrons. The molecular weight excluding hydrogens is 232 g/mol. The lowest BCUT2D eigenvalue weighted by molar-refractivity contribution is 0.770. The van der Waals surface area contributed by atoms with Crippen LogP contribution < -0.4 is 5.32 Å². The van der Waals surface area contributed by atoms with Crippen LogP contribution in [0.25, 0.3) is 16.6 Å². The fourth-order valence-electron chi connectivity index (χ4n) is 2.70. The van der Waals surface area contributed by atoms with Crippen molar-refractivity contribution in [2.45, 2.75) is 20.4 Å². The second-order valence-corrected chi connectivity index (χ2v) is 4.74. The van der Waals surface area contributed by atoms with Gasteiger partial charge in [-0.1, -0.05) is 24.3 Å². The van der Waals surface area contributed by atoms with E-state index in [1.54, 1.807) is 0 Å². The molecule has 0 unspecified atom stereocenters. The predicted octanol–water partition coefficient (Wildman–Crippen LogP) is 3.98. The molecule has 2 heterocycles. The van der Waals surface area contributed by atoms with E-state index in [1.807, 2.05) is 18.4 Å². The number of hydrogen-bond acceptors (Lipinski definition) is 1. The van der Waals surface area contributed by atoms with E-state index in [0.29, 0.717) is 0 Å². The minimum absolute atomic E-state index is 1.01. The first-order valence-corrected chi connectivity index (χ1v) is 6.70. The molecule has 2 nitrogen and oxygen atoms in total. The number of aryl methyl sites for hydroxylation is 2. The smallest absolute Gasteiger partial charge is 0.0489 e. The number of rotatable bonds is 2. The molecule has 0 atom stereocenters. The van der Waals surface area contributed by atoms with Crippen molar-refractivity contribution >= 4 is 16.6 Å². The van der Waals surface area contributed by atoms with Crippen molar-refractivity contribution in [3.8, 4) is 0 Å². The Morgan fingerprint density at radius 3 is 2.89 bits per heavy atom. The van der Waals surface area contributed by atoms with Crippen LogP contribution in [0, 0.1) is 6.92 Å². The van der Waals surface area contributed by atoms with Gasteiger partial charge in [0, 0.05) is 40.6 Å². The molecule has 0 spiro atoms. The average molecular weight is 250 g/mol. The highest BCUT2D eigenvalue weighted by Gasteiger charge is 2.10. The van der Waals surface area contributed by atoms with Crippen LogP contribution in [-0.2, 0) is 6.54 Å². The summed E-state index contributed by atoms with van der Waals surface area (Å²) >= 11 is 0. The molecule has 19 heavy (non-hydrogen) atoms. The summed E-state index contributed by atoms with van der Waals surface area (Å²) in [6.45, 7) is 5.36. The van der Waals surface area contributed by atoms with E-state index in [1.165, 1.54) is 22.2 Å². The van der Waals surface area contributed by atoms with Crippen LogP contribution in [-0.4, -0.2) is 4.57 Å². The summed E-state index contributed by atoms with van der Waals surface area (Å²) in [5.41, 5.74) is 5.01. The molecule has 1 aliphatic heterocycles. The molecule has 0 saturated heterocycles. The van der Waals surface area contributed by atoms with Gasteiger partial charge in [0.25, 0.3) is 0 Å². The summed E-state index contributed by atoms with van der Waals surface area (Å²) in [4.78, 5) is 0. The molecule has 3 rings (SSSR count). The zero-order valence-corrected chi connectivity index (χ0v) is 11.4. The molecule has 0 saturated carbocycles. The highest BCUT2D eigenvalue weighted by atomic mass is 15.0. The first-order valence-electron chi connectivity index (χ1n) is 6.70. The van der Waals surface area contributed by atoms with E-state index in [9.17, 15) is 0 Å². The topological polar surface area (TPSA) is 17.0 Å². The van der Waals surface area contributed by atoms with Gasteiger partial charge in [0.2, 0.25) is 0 Å². The number of hydrogen-bond donors (Lipinski definition) is 1. The third kappa shape index (κ3) is 1.99. The average Bonchev–Trinajstić information content (AvgIpc) is 2.61. The highest BCUT2D eigenvalue weighted by molar-refractivity contribution is 5.93. The van der Waals surface area contributed by atoms with Crippen molar-refractivity contribution in [3.05, 3.63) is 66.0 Å². The summed E-state index contributed by atoms with van der Waals surface area (Å²) in [5, 5.41) is 4.66. The van der Waals surface area contributed by atoms with Gasteiger partial charge in [-0.25, -0.2) is 0 Å². The van der Waals surface area contributed by atoms with Crippen LogP contribution >= 0.6 is 0 Å². The molecule has 0 bridgehead atoms. The maximum absolute atomic E-state index is 3.35. The van der Waals surface area contributed by atoms with Gasteiger partial charge in [-0.05, 0) is 38.1 Å². The molecular formula is C17H18N2. The Morgan fingerprint density at radius 1 is 1.16 bits per heavy atom. The summed E-state index contributed by atoms with van der Waals surface area (Å²) in [7, 11) is 0. The van der Waals surface area contributed by atoms with Gasteiger partial charge in [-0.3, -0.25) is 0 Å². The number of aromatic nitrogens is 1. The van der Waals surface area contributed by atoms with Crippen molar-refractivity contribution in [3.63, 3.8) is 0 Å². The Hall–Kier alpha value is -2.22. The molecule has 0 aliphatic carbocycles. The number of benzene rings is 1. The highest BCUT2D eigenvalue weighted by Crippen LogP contribution is 2.27. The first-order chi connectivity index (χ1) is 9.31. The van der Waals surface area contributed by atoms with Gasteiger partial charge < -0.3 is 9.88 Å². The minimum atomic E-state index is 1.01. The lowest BCUT2D eigenvalue weighted by Crippen LogP contribution is -2.03. The van der Waals surface area contributed by atoms with Gasteiger partial charge in [-0.2, -0.15) is 0 Å². The second kappa shape index (κ2) is 4.81. The van der Waals surface area contributed by atoms with Crippen molar-refractivity contribution in [1.82, 2.24) is 9.88 Å². The zero-order chi connectivity index (χ0) is 13.2. The fraction of sp³-hybridized carbons (Fsp3) is 0.176. The largest absolute Gasteiger partial charge is 0.361 e. The van der Waals surface area contributed by atoms with E-state index < -0.39 is 0 Å².